The zero-order chi connectivity index (χ0) is 20.1. The maximum absolute atomic E-state index is 12.4. The first kappa shape index (κ1) is 20.9. The zero-order valence-electron chi connectivity index (χ0n) is 16.1. The number of nitrogens with zero attached hydrogens (tertiary/aromatic N) is 2. The van der Waals surface area contributed by atoms with Gasteiger partial charge < -0.3 is 19.9 Å². The lowest BCUT2D eigenvalue weighted by Gasteiger charge is -2.50. The van der Waals surface area contributed by atoms with Crippen molar-refractivity contribution in [2.75, 3.05) is 32.8 Å². The maximum atomic E-state index is 12.4. The maximum Gasteiger partial charge on any atom is 0.354 e. The summed E-state index contributed by atoms with van der Waals surface area (Å²) in [5, 5.41) is 4.47. The lowest BCUT2D eigenvalue weighted by molar-refractivity contribution is -0.142. The summed E-state index contributed by atoms with van der Waals surface area (Å²) < 4.78 is 5.37. The molecule has 2 unspecified atom stereocenters. The average molecular weight is 424 g/mol. The number of carbonyl (C=O) groups is 3. The summed E-state index contributed by atoms with van der Waals surface area (Å²) in [7, 11) is 0. The van der Waals surface area contributed by atoms with E-state index in [9.17, 15) is 14.4 Å². The molecule has 1 N–H and O–H groups in total. The van der Waals surface area contributed by atoms with Crippen LogP contribution in [-0.2, 0) is 25.5 Å². The monoisotopic (exact) mass is 423 g/mol. The SMILES string of the molecule is CCN(CC)CCOC(=O)C1=CC(=O)SC2C(NC(=O)Cc3cccs3)CN12. The molecule has 1 amide bonds. The lowest BCUT2D eigenvalue weighted by Crippen LogP contribution is -2.66. The van der Waals surface area contributed by atoms with Gasteiger partial charge in [-0.05, 0) is 24.5 Å². The highest BCUT2D eigenvalue weighted by Gasteiger charge is 2.47. The molecule has 7 nitrogen and oxygen atoms in total. The summed E-state index contributed by atoms with van der Waals surface area (Å²) in [6.07, 6.45) is 1.67. The van der Waals surface area contributed by atoms with Crippen LogP contribution in [0.2, 0.25) is 0 Å². The molecular formula is C19H25N3O4S2. The van der Waals surface area contributed by atoms with Gasteiger partial charge in [-0.2, -0.15) is 0 Å². The van der Waals surface area contributed by atoms with E-state index in [1.54, 1.807) is 0 Å². The second kappa shape index (κ2) is 9.58. The quantitative estimate of drug-likeness (QED) is 0.603. The van der Waals surface area contributed by atoms with Crippen molar-refractivity contribution >= 4 is 40.1 Å². The van der Waals surface area contributed by atoms with E-state index >= 15 is 0 Å². The molecule has 1 aromatic rings. The van der Waals surface area contributed by atoms with Gasteiger partial charge in [-0.15, -0.1) is 11.3 Å². The van der Waals surface area contributed by atoms with E-state index in [4.69, 9.17) is 4.74 Å². The van der Waals surface area contributed by atoms with Crippen LogP contribution in [-0.4, -0.2) is 71.0 Å². The number of hydrogen-bond acceptors (Lipinski definition) is 8. The number of fused-ring (bicyclic) bond motifs is 1. The molecule has 1 aromatic heterocycles. The van der Waals surface area contributed by atoms with Gasteiger partial charge >= 0.3 is 5.97 Å². The van der Waals surface area contributed by atoms with Crippen molar-refractivity contribution in [2.24, 2.45) is 0 Å². The van der Waals surface area contributed by atoms with Crippen molar-refractivity contribution in [3.8, 4) is 0 Å². The lowest BCUT2D eigenvalue weighted by atomic mass is 10.1. The van der Waals surface area contributed by atoms with Crippen molar-refractivity contribution in [3.05, 3.63) is 34.2 Å². The molecule has 3 heterocycles. The standard InChI is InChI=1S/C19H25N3O4S2/c1-3-21(4-2)7-8-26-19(25)15-11-17(24)28-18-14(12-22(15)18)20-16(23)10-13-6-5-9-27-13/h5-6,9,11,14,18H,3-4,7-8,10,12H2,1-2H3,(H,20,23). The molecule has 1 fully saturated rings. The van der Waals surface area contributed by atoms with Crippen molar-refractivity contribution in [2.45, 2.75) is 31.7 Å². The number of amides is 1. The Morgan fingerprint density at radius 2 is 2.14 bits per heavy atom. The number of rotatable bonds is 9. The Morgan fingerprint density at radius 3 is 2.82 bits per heavy atom. The fraction of sp³-hybridized carbons (Fsp3) is 0.526. The van der Waals surface area contributed by atoms with Crippen LogP contribution in [0.15, 0.2) is 29.3 Å². The van der Waals surface area contributed by atoms with Crippen LogP contribution in [0.25, 0.3) is 0 Å². The van der Waals surface area contributed by atoms with Crippen LogP contribution in [0, 0.1) is 0 Å². The zero-order valence-corrected chi connectivity index (χ0v) is 17.7. The molecule has 28 heavy (non-hydrogen) atoms. The molecule has 3 rings (SSSR count). The first-order valence-corrected chi connectivity index (χ1v) is 11.2. The normalized spacial score (nSPS) is 21.0. The number of nitrogens with one attached hydrogen (secondary N) is 1. The minimum atomic E-state index is -0.478. The van der Waals surface area contributed by atoms with Gasteiger partial charge in [0.2, 0.25) is 11.0 Å². The number of hydrogen-bond donors (Lipinski definition) is 1. The number of esters is 1. The second-order valence-corrected chi connectivity index (χ2v) is 8.76. The van der Waals surface area contributed by atoms with Gasteiger partial charge in [0.15, 0.2) is 0 Å². The molecule has 2 aliphatic heterocycles. The molecule has 0 radical (unpaired) electrons. The van der Waals surface area contributed by atoms with E-state index in [1.165, 1.54) is 17.4 Å². The third-order valence-electron chi connectivity index (χ3n) is 4.85. The van der Waals surface area contributed by atoms with Crippen LogP contribution in [0.3, 0.4) is 0 Å². The highest BCUT2D eigenvalue weighted by Crippen LogP contribution is 2.37. The van der Waals surface area contributed by atoms with Gasteiger partial charge in [0.1, 0.15) is 17.7 Å². The highest BCUT2D eigenvalue weighted by atomic mass is 32.2. The van der Waals surface area contributed by atoms with Gasteiger partial charge in [0, 0.05) is 24.0 Å². The van der Waals surface area contributed by atoms with Gasteiger partial charge in [0.25, 0.3) is 0 Å². The summed E-state index contributed by atoms with van der Waals surface area (Å²) in [4.78, 5) is 41.7. The third kappa shape index (κ3) is 4.95. The summed E-state index contributed by atoms with van der Waals surface area (Å²) in [5.74, 6) is -0.549. The van der Waals surface area contributed by atoms with Crippen LogP contribution >= 0.6 is 23.1 Å². The minimum Gasteiger partial charge on any atom is -0.460 e. The van der Waals surface area contributed by atoms with Crippen molar-refractivity contribution in [1.82, 2.24) is 15.1 Å². The molecule has 2 atom stereocenters. The minimum absolute atomic E-state index is 0.0712. The fourth-order valence-corrected chi connectivity index (χ4v) is 4.98. The van der Waals surface area contributed by atoms with Crippen LogP contribution in [0.1, 0.15) is 18.7 Å². The van der Waals surface area contributed by atoms with E-state index < -0.39 is 5.97 Å². The summed E-state index contributed by atoms with van der Waals surface area (Å²) in [6.45, 7) is 7.36. The number of likely N-dealkylation sites (N-methyl/N-ethyl adjacent to an activating group) is 1. The summed E-state index contributed by atoms with van der Waals surface area (Å²) in [6, 6.07) is 3.68. The van der Waals surface area contributed by atoms with Gasteiger partial charge in [0.05, 0.1) is 12.5 Å². The van der Waals surface area contributed by atoms with E-state index in [1.807, 2.05) is 22.4 Å². The third-order valence-corrected chi connectivity index (χ3v) is 6.90. The van der Waals surface area contributed by atoms with Crippen LogP contribution in [0.4, 0.5) is 0 Å². The molecule has 2 aliphatic rings. The van der Waals surface area contributed by atoms with Crippen molar-refractivity contribution < 1.29 is 19.1 Å². The van der Waals surface area contributed by atoms with E-state index in [0.29, 0.717) is 26.1 Å². The fourth-order valence-electron chi connectivity index (χ4n) is 3.22. The molecule has 0 saturated carbocycles. The highest BCUT2D eigenvalue weighted by molar-refractivity contribution is 8.14. The predicted octanol–water partition coefficient (Wildman–Crippen LogP) is 1.46. The number of thiophene rings is 1. The van der Waals surface area contributed by atoms with E-state index in [2.05, 4.69) is 24.1 Å². The molecule has 0 bridgehead atoms. The van der Waals surface area contributed by atoms with Crippen molar-refractivity contribution in [1.29, 1.82) is 0 Å². The summed E-state index contributed by atoms with van der Waals surface area (Å²) in [5.41, 5.74) is 0.289. The van der Waals surface area contributed by atoms with E-state index in [0.717, 1.165) is 29.7 Å². The Morgan fingerprint density at radius 1 is 1.36 bits per heavy atom. The number of carbonyl (C=O) groups excluding carboxylic acids is 3. The van der Waals surface area contributed by atoms with Crippen LogP contribution in [0.5, 0.6) is 0 Å². The first-order valence-electron chi connectivity index (χ1n) is 9.42. The second-order valence-electron chi connectivity index (χ2n) is 6.60. The Bertz CT molecular complexity index is 746. The van der Waals surface area contributed by atoms with Crippen molar-refractivity contribution in [3.63, 3.8) is 0 Å². The van der Waals surface area contributed by atoms with Gasteiger partial charge in [-0.1, -0.05) is 31.7 Å². The predicted molar refractivity (Wildman–Crippen MR) is 110 cm³/mol. The molecule has 1 saturated heterocycles. The summed E-state index contributed by atoms with van der Waals surface area (Å²) >= 11 is 2.67. The van der Waals surface area contributed by atoms with Gasteiger partial charge in [-0.25, -0.2) is 4.79 Å². The Labute approximate surface area is 173 Å². The molecule has 152 valence electrons. The number of thioether (sulfide) groups is 1. The topological polar surface area (TPSA) is 79.0 Å². The number of ether oxygens (including phenoxy) is 1. The Hall–Kier alpha value is -1.84. The molecular weight excluding hydrogens is 398 g/mol. The molecule has 9 heteroatoms. The largest absolute Gasteiger partial charge is 0.460 e. The van der Waals surface area contributed by atoms with Crippen LogP contribution < -0.4 is 5.32 Å². The smallest absolute Gasteiger partial charge is 0.354 e. The molecule has 0 aliphatic carbocycles. The first-order chi connectivity index (χ1) is 13.5. The Balaban J connectivity index is 1.51. The Kier molecular flexibility index (Phi) is 7.14. The van der Waals surface area contributed by atoms with E-state index in [-0.39, 0.29) is 28.1 Å². The van der Waals surface area contributed by atoms with Gasteiger partial charge in [-0.3, -0.25) is 9.59 Å². The molecule has 0 spiro atoms. The average Bonchev–Trinajstić information content (AvgIpc) is 3.17. The molecule has 0 aromatic carbocycles.